The molecule has 4 nitrogen and oxygen atoms in total. The van der Waals surface area contributed by atoms with E-state index in [9.17, 15) is 9.59 Å². The number of hydrogen-bond acceptors (Lipinski definition) is 3. The number of benzene rings is 2. The van der Waals surface area contributed by atoms with Crippen LogP contribution in [0.3, 0.4) is 0 Å². The van der Waals surface area contributed by atoms with Crippen LogP contribution in [0.4, 0.5) is 5.69 Å². The Morgan fingerprint density at radius 2 is 1.65 bits per heavy atom. The molecule has 2 aromatic rings. The van der Waals surface area contributed by atoms with Crippen LogP contribution in [-0.2, 0) is 4.79 Å². The molecule has 1 amide bonds. The minimum atomic E-state index is -0.955. The van der Waals surface area contributed by atoms with E-state index < -0.39 is 5.97 Å². The molecule has 2 aromatic carbocycles. The van der Waals surface area contributed by atoms with E-state index in [1.807, 2.05) is 30.3 Å². The third kappa shape index (κ3) is 4.13. The summed E-state index contributed by atoms with van der Waals surface area (Å²) >= 11 is 1.36. The maximum Gasteiger partial charge on any atom is 0.335 e. The zero-order chi connectivity index (χ0) is 14.4. The van der Waals surface area contributed by atoms with E-state index >= 15 is 0 Å². The van der Waals surface area contributed by atoms with Crippen LogP contribution in [0.25, 0.3) is 0 Å². The molecule has 0 saturated carbocycles. The molecule has 5 heteroatoms. The lowest BCUT2D eigenvalue weighted by atomic mass is 10.2. The van der Waals surface area contributed by atoms with Gasteiger partial charge in [-0.15, -0.1) is 11.8 Å². The minimum Gasteiger partial charge on any atom is -0.478 e. The summed E-state index contributed by atoms with van der Waals surface area (Å²) in [5.74, 6) is -0.770. The lowest BCUT2D eigenvalue weighted by Crippen LogP contribution is -2.13. The number of carbonyl (C=O) groups excluding carboxylic acids is 1. The lowest BCUT2D eigenvalue weighted by molar-refractivity contribution is -0.113. The van der Waals surface area contributed by atoms with Crippen LogP contribution in [0.2, 0.25) is 0 Å². The predicted octanol–water partition coefficient (Wildman–Crippen LogP) is 3.12. The van der Waals surface area contributed by atoms with Gasteiger partial charge < -0.3 is 10.4 Å². The summed E-state index contributed by atoms with van der Waals surface area (Å²) in [6.45, 7) is 0. The Kier molecular flexibility index (Phi) is 4.79. The lowest BCUT2D eigenvalue weighted by Gasteiger charge is -2.05. The van der Waals surface area contributed by atoms with E-state index in [1.54, 1.807) is 12.1 Å². The van der Waals surface area contributed by atoms with Gasteiger partial charge in [-0.25, -0.2) is 4.79 Å². The second-order valence-corrected chi connectivity index (χ2v) is 5.08. The van der Waals surface area contributed by atoms with Gasteiger partial charge in [-0.2, -0.15) is 0 Å². The largest absolute Gasteiger partial charge is 0.478 e. The average Bonchev–Trinajstić information content (AvgIpc) is 2.46. The van der Waals surface area contributed by atoms with Gasteiger partial charge in [0.15, 0.2) is 0 Å². The Labute approximate surface area is 120 Å². The summed E-state index contributed by atoms with van der Waals surface area (Å²) in [7, 11) is 0. The van der Waals surface area contributed by atoms with E-state index in [4.69, 9.17) is 5.11 Å². The topological polar surface area (TPSA) is 66.4 Å². The maximum atomic E-state index is 11.7. The maximum absolute atomic E-state index is 11.7. The first-order valence-corrected chi connectivity index (χ1v) is 6.95. The Morgan fingerprint density at radius 1 is 1.00 bits per heavy atom. The molecule has 0 aliphatic carbocycles. The van der Waals surface area contributed by atoms with Gasteiger partial charge in [-0.3, -0.25) is 4.79 Å². The van der Waals surface area contributed by atoms with Crippen LogP contribution in [-0.4, -0.2) is 22.7 Å². The fraction of sp³-hybridized carbons (Fsp3) is 0.0667. The third-order valence-corrected chi connectivity index (χ3v) is 3.54. The number of para-hydroxylation sites is 1. The molecule has 0 unspecified atom stereocenters. The highest BCUT2D eigenvalue weighted by atomic mass is 32.2. The van der Waals surface area contributed by atoms with E-state index in [1.165, 1.54) is 23.9 Å². The van der Waals surface area contributed by atoms with Crippen molar-refractivity contribution in [2.24, 2.45) is 0 Å². The summed E-state index contributed by atoms with van der Waals surface area (Å²) in [6.07, 6.45) is 0. The molecule has 0 aliphatic heterocycles. The molecular weight excluding hydrogens is 274 g/mol. The van der Waals surface area contributed by atoms with Crippen molar-refractivity contribution in [3.8, 4) is 0 Å². The fourth-order valence-electron chi connectivity index (χ4n) is 1.56. The molecule has 20 heavy (non-hydrogen) atoms. The first kappa shape index (κ1) is 14.1. The number of amides is 1. The summed E-state index contributed by atoms with van der Waals surface area (Å²) in [5.41, 5.74) is 1.00. The molecular formula is C15H13NO3S. The van der Waals surface area contributed by atoms with E-state index in [0.717, 1.165) is 10.6 Å². The Morgan fingerprint density at radius 3 is 2.25 bits per heavy atom. The molecule has 102 valence electrons. The van der Waals surface area contributed by atoms with E-state index in [0.29, 0.717) is 0 Å². The summed E-state index contributed by atoms with van der Waals surface area (Å²) in [5, 5.41) is 11.6. The number of aromatic carboxylic acids is 1. The number of carboxylic acid groups (broad SMARTS) is 1. The van der Waals surface area contributed by atoms with Crippen LogP contribution in [0.1, 0.15) is 10.4 Å². The number of hydrogen-bond donors (Lipinski definition) is 2. The van der Waals surface area contributed by atoms with Crippen LogP contribution in [0, 0.1) is 0 Å². The summed E-state index contributed by atoms with van der Waals surface area (Å²) < 4.78 is 0. The molecule has 0 bridgehead atoms. The normalized spacial score (nSPS) is 10.0. The number of nitrogens with one attached hydrogen (secondary N) is 1. The molecule has 0 radical (unpaired) electrons. The van der Waals surface area contributed by atoms with Crippen LogP contribution in [0.15, 0.2) is 59.5 Å². The molecule has 0 saturated heterocycles. The first-order valence-electron chi connectivity index (χ1n) is 5.96. The van der Waals surface area contributed by atoms with Crippen molar-refractivity contribution in [3.05, 3.63) is 60.2 Å². The Balaban J connectivity index is 1.85. The Bertz CT molecular complexity index is 596. The molecule has 0 heterocycles. The second-order valence-electron chi connectivity index (χ2n) is 4.03. The Hall–Kier alpha value is -2.27. The molecule has 2 N–H and O–H groups in total. The summed E-state index contributed by atoms with van der Waals surface area (Å²) in [6, 6.07) is 15.7. The molecule has 0 atom stereocenters. The van der Waals surface area contributed by atoms with Crippen molar-refractivity contribution < 1.29 is 14.7 Å². The van der Waals surface area contributed by atoms with Crippen LogP contribution < -0.4 is 5.32 Å². The van der Waals surface area contributed by atoms with Crippen molar-refractivity contribution in [3.63, 3.8) is 0 Å². The van der Waals surface area contributed by atoms with Crippen LogP contribution in [0.5, 0.6) is 0 Å². The average molecular weight is 287 g/mol. The highest BCUT2D eigenvalue weighted by molar-refractivity contribution is 8.00. The van der Waals surface area contributed by atoms with Crippen molar-refractivity contribution in [2.45, 2.75) is 4.90 Å². The zero-order valence-electron chi connectivity index (χ0n) is 10.6. The number of thioether (sulfide) groups is 1. The number of anilines is 1. The molecule has 0 aromatic heterocycles. The molecule has 0 fully saturated rings. The summed E-state index contributed by atoms with van der Waals surface area (Å²) in [4.78, 5) is 23.3. The van der Waals surface area contributed by atoms with Gasteiger partial charge in [0, 0.05) is 10.6 Å². The van der Waals surface area contributed by atoms with Gasteiger partial charge in [-0.1, -0.05) is 18.2 Å². The van der Waals surface area contributed by atoms with Gasteiger partial charge in [0.1, 0.15) is 0 Å². The third-order valence-electron chi connectivity index (χ3n) is 2.53. The predicted molar refractivity (Wildman–Crippen MR) is 79.2 cm³/mol. The minimum absolute atomic E-state index is 0.0940. The quantitative estimate of drug-likeness (QED) is 0.829. The van der Waals surface area contributed by atoms with Crippen molar-refractivity contribution in [1.29, 1.82) is 0 Å². The number of carboxylic acids is 1. The standard InChI is InChI=1S/C15H13NO3S/c17-14(16-12-4-2-1-3-5-12)10-20-13-8-6-11(7-9-13)15(18)19/h1-9H,10H2,(H,16,17)(H,18,19). The van der Waals surface area contributed by atoms with Crippen molar-refractivity contribution in [1.82, 2.24) is 0 Å². The highest BCUT2D eigenvalue weighted by Crippen LogP contribution is 2.19. The van der Waals surface area contributed by atoms with Crippen molar-refractivity contribution in [2.75, 3.05) is 11.1 Å². The number of carbonyl (C=O) groups is 2. The van der Waals surface area contributed by atoms with Gasteiger partial charge in [0.05, 0.1) is 11.3 Å². The van der Waals surface area contributed by atoms with Crippen LogP contribution >= 0.6 is 11.8 Å². The zero-order valence-corrected chi connectivity index (χ0v) is 11.4. The number of rotatable bonds is 5. The first-order chi connectivity index (χ1) is 9.65. The van der Waals surface area contributed by atoms with E-state index in [-0.39, 0.29) is 17.2 Å². The van der Waals surface area contributed by atoms with Crippen molar-refractivity contribution >= 4 is 29.3 Å². The van der Waals surface area contributed by atoms with Gasteiger partial charge in [-0.05, 0) is 36.4 Å². The second kappa shape index (κ2) is 6.77. The van der Waals surface area contributed by atoms with E-state index in [2.05, 4.69) is 5.32 Å². The van der Waals surface area contributed by atoms with Gasteiger partial charge in [0.2, 0.25) is 5.91 Å². The molecule has 2 rings (SSSR count). The monoisotopic (exact) mass is 287 g/mol. The highest BCUT2D eigenvalue weighted by Gasteiger charge is 2.05. The van der Waals surface area contributed by atoms with Gasteiger partial charge >= 0.3 is 5.97 Å². The smallest absolute Gasteiger partial charge is 0.335 e. The molecule has 0 spiro atoms. The molecule has 0 aliphatic rings. The fourth-order valence-corrected chi connectivity index (χ4v) is 2.26. The SMILES string of the molecule is O=C(CSc1ccc(C(=O)O)cc1)Nc1ccccc1. The van der Waals surface area contributed by atoms with Gasteiger partial charge in [0.25, 0.3) is 0 Å².